The second-order valence-corrected chi connectivity index (χ2v) is 5.05. The van der Waals surface area contributed by atoms with E-state index in [1.165, 1.54) is 0 Å². The number of nitrogens with zero attached hydrogens (tertiary/aromatic N) is 3. The molecule has 20 heavy (non-hydrogen) atoms. The van der Waals surface area contributed by atoms with Crippen molar-refractivity contribution in [3.8, 4) is 5.82 Å². The number of carbonyl (C=O) groups is 1. The van der Waals surface area contributed by atoms with Crippen LogP contribution < -0.4 is 11.1 Å². The lowest BCUT2D eigenvalue weighted by atomic mass is 10.0. The van der Waals surface area contributed by atoms with Crippen molar-refractivity contribution in [3.05, 3.63) is 36.8 Å². The van der Waals surface area contributed by atoms with Gasteiger partial charge < -0.3 is 11.1 Å². The summed E-state index contributed by atoms with van der Waals surface area (Å²) in [7, 11) is 0. The van der Waals surface area contributed by atoms with Crippen molar-refractivity contribution in [3.63, 3.8) is 0 Å². The summed E-state index contributed by atoms with van der Waals surface area (Å²) in [5.74, 6) is 0.734. The van der Waals surface area contributed by atoms with Gasteiger partial charge in [-0.05, 0) is 30.5 Å². The first-order chi connectivity index (χ1) is 9.58. The van der Waals surface area contributed by atoms with Gasteiger partial charge in [-0.15, -0.1) is 0 Å². The van der Waals surface area contributed by atoms with Gasteiger partial charge in [0.1, 0.15) is 0 Å². The third kappa shape index (κ3) is 3.42. The van der Waals surface area contributed by atoms with Crippen LogP contribution in [0.1, 0.15) is 20.3 Å². The van der Waals surface area contributed by atoms with E-state index in [0.717, 1.165) is 0 Å². The quantitative estimate of drug-likeness (QED) is 0.866. The van der Waals surface area contributed by atoms with E-state index in [0.29, 0.717) is 23.8 Å². The molecule has 0 saturated carbocycles. The average Bonchev–Trinajstić information content (AvgIpc) is 2.92. The molecule has 1 amide bonds. The smallest absolute Gasteiger partial charge is 0.241 e. The molecule has 3 N–H and O–H groups in total. The zero-order valence-corrected chi connectivity index (χ0v) is 11.7. The van der Waals surface area contributed by atoms with E-state index in [-0.39, 0.29) is 5.91 Å². The maximum Gasteiger partial charge on any atom is 0.241 e. The van der Waals surface area contributed by atoms with Gasteiger partial charge in [0.05, 0.1) is 11.7 Å². The van der Waals surface area contributed by atoms with E-state index in [1.807, 2.05) is 13.8 Å². The Morgan fingerprint density at radius 2 is 2.20 bits per heavy atom. The van der Waals surface area contributed by atoms with Crippen molar-refractivity contribution in [2.45, 2.75) is 26.3 Å². The first-order valence-corrected chi connectivity index (χ1v) is 6.59. The van der Waals surface area contributed by atoms with Crippen LogP contribution in [0, 0.1) is 5.92 Å². The molecule has 2 aromatic heterocycles. The summed E-state index contributed by atoms with van der Waals surface area (Å²) in [6.45, 7) is 4.07. The Morgan fingerprint density at radius 3 is 2.85 bits per heavy atom. The number of nitrogens with one attached hydrogen (secondary N) is 1. The molecule has 2 aromatic rings. The van der Waals surface area contributed by atoms with Crippen LogP contribution in [-0.2, 0) is 4.79 Å². The normalized spacial score (nSPS) is 12.4. The molecule has 0 radical (unpaired) electrons. The van der Waals surface area contributed by atoms with E-state index >= 15 is 0 Å². The summed E-state index contributed by atoms with van der Waals surface area (Å²) in [6, 6.07) is 4.81. The number of aromatic nitrogens is 3. The Kier molecular flexibility index (Phi) is 4.47. The molecule has 1 unspecified atom stereocenters. The van der Waals surface area contributed by atoms with Crippen LogP contribution >= 0.6 is 0 Å². The average molecular weight is 273 g/mol. The van der Waals surface area contributed by atoms with Crippen LogP contribution in [0.25, 0.3) is 5.82 Å². The highest BCUT2D eigenvalue weighted by atomic mass is 16.2. The first kappa shape index (κ1) is 14.2. The fourth-order valence-electron chi connectivity index (χ4n) is 1.91. The minimum absolute atomic E-state index is 0.208. The highest BCUT2D eigenvalue weighted by Crippen LogP contribution is 2.16. The Labute approximate surface area is 118 Å². The molecule has 0 fully saturated rings. The van der Waals surface area contributed by atoms with Crippen LogP contribution in [0.4, 0.5) is 5.69 Å². The van der Waals surface area contributed by atoms with E-state index in [2.05, 4.69) is 15.4 Å². The summed E-state index contributed by atoms with van der Waals surface area (Å²) in [4.78, 5) is 16.3. The molecule has 6 heteroatoms. The molecule has 0 saturated heterocycles. The molecule has 0 aliphatic rings. The molecule has 6 nitrogen and oxygen atoms in total. The van der Waals surface area contributed by atoms with Crippen LogP contribution in [0.2, 0.25) is 0 Å². The van der Waals surface area contributed by atoms with Crippen LogP contribution in [0.5, 0.6) is 0 Å². The summed E-state index contributed by atoms with van der Waals surface area (Å²) in [5.41, 5.74) is 6.48. The zero-order chi connectivity index (χ0) is 14.5. The maximum atomic E-state index is 12.1. The van der Waals surface area contributed by atoms with Gasteiger partial charge in [-0.2, -0.15) is 5.10 Å². The van der Waals surface area contributed by atoms with Gasteiger partial charge in [0.2, 0.25) is 5.91 Å². The fourth-order valence-corrected chi connectivity index (χ4v) is 1.91. The fraction of sp³-hybridized carbons (Fsp3) is 0.357. The van der Waals surface area contributed by atoms with Gasteiger partial charge in [0, 0.05) is 18.6 Å². The summed E-state index contributed by atoms with van der Waals surface area (Å²) >= 11 is 0. The van der Waals surface area contributed by atoms with Gasteiger partial charge >= 0.3 is 0 Å². The van der Waals surface area contributed by atoms with Gasteiger partial charge in [-0.1, -0.05) is 13.8 Å². The number of hydrogen-bond donors (Lipinski definition) is 2. The highest BCUT2D eigenvalue weighted by Gasteiger charge is 2.17. The number of nitrogens with two attached hydrogens (primary N) is 1. The van der Waals surface area contributed by atoms with Crippen molar-refractivity contribution >= 4 is 11.6 Å². The lowest BCUT2D eigenvalue weighted by Gasteiger charge is -2.15. The molecule has 0 bridgehead atoms. The van der Waals surface area contributed by atoms with Crippen molar-refractivity contribution < 1.29 is 4.79 Å². The number of rotatable bonds is 5. The Hall–Kier alpha value is -2.21. The molecule has 0 aliphatic carbocycles. The highest BCUT2D eigenvalue weighted by molar-refractivity contribution is 5.95. The number of carbonyl (C=O) groups excluding carboxylic acids is 1. The van der Waals surface area contributed by atoms with E-state index in [9.17, 15) is 4.79 Å². The Balaban J connectivity index is 2.16. The number of hydrogen-bond acceptors (Lipinski definition) is 4. The molecule has 0 aromatic carbocycles. The van der Waals surface area contributed by atoms with Gasteiger partial charge in [-0.25, -0.2) is 9.67 Å². The minimum atomic E-state index is -0.527. The first-order valence-electron chi connectivity index (χ1n) is 6.59. The predicted octanol–water partition coefficient (Wildman–Crippen LogP) is 1.58. The second-order valence-electron chi connectivity index (χ2n) is 5.05. The summed E-state index contributed by atoms with van der Waals surface area (Å²) in [6.07, 6.45) is 5.72. The van der Waals surface area contributed by atoms with Crippen LogP contribution in [0.3, 0.4) is 0 Å². The Morgan fingerprint density at radius 1 is 1.40 bits per heavy atom. The standard InChI is InChI=1S/C14H19N5O/c1-10(2)9-11(15)14(20)18-12-5-3-6-16-13(12)19-8-4-7-17-19/h3-8,10-11H,9,15H2,1-2H3,(H,18,20). The van der Waals surface area contributed by atoms with Gasteiger partial charge in [-0.3, -0.25) is 4.79 Å². The second kappa shape index (κ2) is 6.29. The number of anilines is 1. The lowest BCUT2D eigenvalue weighted by molar-refractivity contribution is -0.117. The van der Waals surface area contributed by atoms with Gasteiger partial charge in [0.15, 0.2) is 5.82 Å². The minimum Gasteiger partial charge on any atom is -0.322 e. The molecule has 1 atom stereocenters. The van der Waals surface area contributed by atoms with Crippen LogP contribution in [-0.4, -0.2) is 26.7 Å². The van der Waals surface area contributed by atoms with Crippen LogP contribution in [0.15, 0.2) is 36.8 Å². The van der Waals surface area contributed by atoms with E-state index in [1.54, 1.807) is 41.5 Å². The molecule has 0 spiro atoms. The van der Waals surface area contributed by atoms with Gasteiger partial charge in [0.25, 0.3) is 0 Å². The topological polar surface area (TPSA) is 85.8 Å². The van der Waals surface area contributed by atoms with Crippen molar-refractivity contribution in [1.29, 1.82) is 0 Å². The molecule has 106 valence electrons. The monoisotopic (exact) mass is 273 g/mol. The van der Waals surface area contributed by atoms with Crippen molar-refractivity contribution in [2.24, 2.45) is 11.7 Å². The third-order valence-corrected chi connectivity index (χ3v) is 2.83. The molecule has 2 heterocycles. The van der Waals surface area contributed by atoms with E-state index < -0.39 is 6.04 Å². The van der Waals surface area contributed by atoms with E-state index in [4.69, 9.17) is 5.73 Å². The number of amides is 1. The van der Waals surface area contributed by atoms with Crippen molar-refractivity contribution in [1.82, 2.24) is 14.8 Å². The SMILES string of the molecule is CC(C)CC(N)C(=O)Nc1cccnc1-n1cccn1. The predicted molar refractivity (Wildman–Crippen MR) is 77.4 cm³/mol. The molecular weight excluding hydrogens is 254 g/mol. The van der Waals surface area contributed by atoms with Crippen molar-refractivity contribution in [2.75, 3.05) is 5.32 Å². The lowest BCUT2D eigenvalue weighted by Crippen LogP contribution is -2.37. The summed E-state index contributed by atoms with van der Waals surface area (Å²) in [5, 5.41) is 6.94. The molecular formula is C14H19N5O. The number of pyridine rings is 1. The largest absolute Gasteiger partial charge is 0.322 e. The molecule has 2 rings (SSSR count). The summed E-state index contributed by atoms with van der Waals surface area (Å²) < 4.78 is 1.60. The Bertz CT molecular complexity index is 565. The molecule has 0 aliphatic heterocycles. The third-order valence-electron chi connectivity index (χ3n) is 2.83. The maximum absolute atomic E-state index is 12.1. The zero-order valence-electron chi connectivity index (χ0n) is 11.7.